The number of benzene rings is 2. The zero-order valence-corrected chi connectivity index (χ0v) is 16.0. The van der Waals surface area contributed by atoms with Crippen molar-refractivity contribution in [2.45, 2.75) is 20.3 Å². The molecule has 2 N–H and O–H groups in total. The van der Waals surface area contributed by atoms with Gasteiger partial charge in [0, 0.05) is 22.8 Å². The van der Waals surface area contributed by atoms with Gasteiger partial charge < -0.3 is 10.6 Å². The summed E-state index contributed by atoms with van der Waals surface area (Å²) < 4.78 is 1.02. The minimum atomic E-state index is 0.640. The molecule has 4 nitrogen and oxygen atoms in total. The largest absolute Gasteiger partial charge is 0.354 e. The third-order valence-electron chi connectivity index (χ3n) is 3.78. The molecule has 3 rings (SSSR count). The van der Waals surface area contributed by atoms with E-state index in [1.807, 2.05) is 25.1 Å². The average molecular weight is 397 g/mol. The molecular formula is C20H21BrN4. The SMILES string of the molecule is Cc1ccc(Nc2cc(C)nc(NCCc3ccccc3)n2)c(Br)c1. The number of rotatable bonds is 6. The maximum atomic E-state index is 4.57. The van der Waals surface area contributed by atoms with Gasteiger partial charge in [-0.1, -0.05) is 36.4 Å². The molecule has 2 aromatic carbocycles. The molecule has 0 radical (unpaired) electrons. The number of halogens is 1. The summed E-state index contributed by atoms with van der Waals surface area (Å²) in [6, 6.07) is 18.5. The summed E-state index contributed by atoms with van der Waals surface area (Å²) in [7, 11) is 0. The van der Waals surface area contributed by atoms with Crippen molar-refractivity contribution in [3.63, 3.8) is 0 Å². The summed E-state index contributed by atoms with van der Waals surface area (Å²) in [6.45, 7) is 4.83. The van der Waals surface area contributed by atoms with E-state index in [0.29, 0.717) is 5.95 Å². The maximum Gasteiger partial charge on any atom is 0.224 e. The quantitative estimate of drug-likeness (QED) is 0.596. The lowest BCUT2D eigenvalue weighted by Crippen LogP contribution is -2.09. The van der Waals surface area contributed by atoms with E-state index in [9.17, 15) is 0 Å². The summed E-state index contributed by atoms with van der Waals surface area (Å²) in [6.07, 6.45) is 0.935. The molecule has 0 saturated carbocycles. The molecule has 0 atom stereocenters. The summed E-state index contributed by atoms with van der Waals surface area (Å²) in [5, 5.41) is 6.66. The second kappa shape index (κ2) is 8.12. The van der Waals surface area contributed by atoms with E-state index in [1.54, 1.807) is 0 Å². The van der Waals surface area contributed by atoms with Crippen molar-refractivity contribution in [2.24, 2.45) is 0 Å². The Bertz CT molecular complexity index is 850. The zero-order valence-electron chi connectivity index (χ0n) is 14.4. The predicted molar refractivity (Wildman–Crippen MR) is 108 cm³/mol. The molecule has 0 aliphatic rings. The molecule has 0 fully saturated rings. The number of hydrogen-bond donors (Lipinski definition) is 2. The standard InChI is InChI=1S/C20H21BrN4/c1-14-8-9-18(17(21)12-14)24-19-13-15(2)23-20(25-19)22-11-10-16-6-4-3-5-7-16/h3-9,12-13H,10-11H2,1-2H3,(H2,22,23,24,25). The van der Waals surface area contributed by atoms with Crippen LogP contribution in [0.25, 0.3) is 0 Å². The van der Waals surface area contributed by atoms with Gasteiger partial charge in [0.15, 0.2) is 0 Å². The first-order valence-electron chi connectivity index (χ1n) is 8.27. The van der Waals surface area contributed by atoms with Crippen LogP contribution in [0.2, 0.25) is 0 Å². The molecule has 128 valence electrons. The Kier molecular flexibility index (Phi) is 5.66. The Hall–Kier alpha value is -2.40. The van der Waals surface area contributed by atoms with Gasteiger partial charge in [-0.05, 0) is 59.5 Å². The van der Waals surface area contributed by atoms with Crippen LogP contribution < -0.4 is 10.6 Å². The fourth-order valence-electron chi connectivity index (χ4n) is 2.53. The van der Waals surface area contributed by atoms with Crippen LogP contribution >= 0.6 is 15.9 Å². The van der Waals surface area contributed by atoms with E-state index in [2.05, 4.69) is 79.9 Å². The van der Waals surface area contributed by atoms with Crippen LogP contribution in [0.4, 0.5) is 17.5 Å². The summed E-state index contributed by atoms with van der Waals surface area (Å²) in [5.74, 6) is 1.42. The summed E-state index contributed by atoms with van der Waals surface area (Å²) >= 11 is 3.59. The van der Waals surface area contributed by atoms with Crippen LogP contribution in [-0.2, 0) is 6.42 Å². The number of aromatic nitrogens is 2. The van der Waals surface area contributed by atoms with E-state index in [4.69, 9.17) is 0 Å². The highest BCUT2D eigenvalue weighted by Crippen LogP contribution is 2.26. The molecule has 1 heterocycles. The zero-order chi connectivity index (χ0) is 17.6. The fourth-order valence-corrected chi connectivity index (χ4v) is 3.13. The van der Waals surface area contributed by atoms with Crippen LogP contribution in [0.1, 0.15) is 16.8 Å². The Morgan fingerprint density at radius 3 is 2.52 bits per heavy atom. The van der Waals surface area contributed by atoms with Crippen LogP contribution in [0.3, 0.4) is 0 Å². The van der Waals surface area contributed by atoms with Crippen molar-refractivity contribution in [3.05, 3.63) is 75.9 Å². The molecule has 3 aromatic rings. The lowest BCUT2D eigenvalue weighted by atomic mass is 10.1. The Morgan fingerprint density at radius 2 is 1.76 bits per heavy atom. The molecular weight excluding hydrogens is 376 g/mol. The molecule has 0 spiro atoms. The number of nitrogens with zero attached hydrogens (tertiary/aromatic N) is 2. The molecule has 0 saturated heterocycles. The molecule has 5 heteroatoms. The highest BCUT2D eigenvalue weighted by Gasteiger charge is 2.05. The first kappa shape index (κ1) is 17.4. The van der Waals surface area contributed by atoms with Crippen LogP contribution in [0, 0.1) is 13.8 Å². The van der Waals surface area contributed by atoms with Gasteiger partial charge in [-0.3, -0.25) is 0 Å². The van der Waals surface area contributed by atoms with Gasteiger partial charge in [-0.2, -0.15) is 4.98 Å². The lowest BCUT2D eigenvalue weighted by molar-refractivity contribution is 0.976. The Morgan fingerprint density at radius 1 is 0.960 bits per heavy atom. The van der Waals surface area contributed by atoms with Gasteiger partial charge in [0.1, 0.15) is 5.82 Å². The Balaban J connectivity index is 1.67. The van der Waals surface area contributed by atoms with Crippen molar-refractivity contribution in [2.75, 3.05) is 17.2 Å². The highest BCUT2D eigenvalue weighted by molar-refractivity contribution is 9.10. The van der Waals surface area contributed by atoms with E-state index < -0.39 is 0 Å². The van der Waals surface area contributed by atoms with E-state index in [-0.39, 0.29) is 0 Å². The number of aryl methyl sites for hydroxylation is 2. The van der Waals surface area contributed by atoms with E-state index >= 15 is 0 Å². The van der Waals surface area contributed by atoms with Crippen molar-refractivity contribution in [1.82, 2.24) is 9.97 Å². The molecule has 1 aromatic heterocycles. The van der Waals surface area contributed by atoms with Crippen molar-refractivity contribution >= 4 is 33.4 Å². The lowest BCUT2D eigenvalue weighted by Gasteiger charge is -2.11. The average Bonchev–Trinajstić information content (AvgIpc) is 2.58. The monoisotopic (exact) mass is 396 g/mol. The van der Waals surface area contributed by atoms with E-state index in [0.717, 1.165) is 34.6 Å². The predicted octanol–water partition coefficient (Wildman–Crippen LogP) is 5.25. The van der Waals surface area contributed by atoms with Gasteiger partial charge in [0.2, 0.25) is 5.95 Å². The van der Waals surface area contributed by atoms with E-state index in [1.165, 1.54) is 11.1 Å². The van der Waals surface area contributed by atoms with Crippen LogP contribution in [0.15, 0.2) is 59.1 Å². The second-order valence-corrected chi connectivity index (χ2v) is 6.84. The first-order valence-corrected chi connectivity index (χ1v) is 9.06. The van der Waals surface area contributed by atoms with Crippen molar-refractivity contribution in [3.8, 4) is 0 Å². The first-order chi connectivity index (χ1) is 12.1. The fraction of sp³-hybridized carbons (Fsp3) is 0.200. The minimum absolute atomic E-state index is 0.640. The second-order valence-electron chi connectivity index (χ2n) is 5.99. The Labute approximate surface area is 156 Å². The maximum absolute atomic E-state index is 4.57. The van der Waals surface area contributed by atoms with Crippen molar-refractivity contribution < 1.29 is 0 Å². The molecule has 0 unspecified atom stereocenters. The molecule has 25 heavy (non-hydrogen) atoms. The number of hydrogen-bond acceptors (Lipinski definition) is 4. The van der Waals surface area contributed by atoms with Gasteiger partial charge in [0.05, 0.1) is 5.69 Å². The summed E-state index contributed by atoms with van der Waals surface area (Å²) in [4.78, 5) is 9.04. The number of nitrogens with one attached hydrogen (secondary N) is 2. The molecule has 0 amide bonds. The molecule has 0 bridgehead atoms. The van der Waals surface area contributed by atoms with Gasteiger partial charge in [0.25, 0.3) is 0 Å². The minimum Gasteiger partial charge on any atom is -0.354 e. The van der Waals surface area contributed by atoms with Crippen LogP contribution in [0.5, 0.6) is 0 Å². The van der Waals surface area contributed by atoms with Gasteiger partial charge in [-0.15, -0.1) is 0 Å². The third-order valence-corrected chi connectivity index (χ3v) is 4.44. The normalized spacial score (nSPS) is 10.5. The third kappa shape index (κ3) is 5.03. The van der Waals surface area contributed by atoms with Gasteiger partial charge in [-0.25, -0.2) is 4.98 Å². The summed E-state index contributed by atoms with van der Waals surface area (Å²) in [5.41, 5.74) is 4.41. The molecule has 0 aliphatic heterocycles. The molecule has 0 aliphatic carbocycles. The van der Waals surface area contributed by atoms with Gasteiger partial charge >= 0.3 is 0 Å². The smallest absolute Gasteiger partial charge is 0.224 e. The van der Waals surface area contributed by atoms with Crippen LogP contribution in [-0.4, -0.2) is 16.5 Å². The van der Waals surface area contributed by atoms with Crippen molar-refractivity contribution in [1.29, 1.82) is 0 Å². The number of anilines is 3. The highest BCUT2D eigenvalue weighted by atomic mass is 79.9. The topological polar surface area (TPSA) is 49.8 Å².